The summed E-state index contributed by atoms with van der Waals surface area (Å²) < 4.78 is 0. The van der Waals surface area contributed by atoms with Crippen LogP contribution in [0.5, 0.6) is 0 Å². The van der Waals surface area contributed by atoms with Crippen LogP contribution in [0.1, 0.15) is 140 Å². The molecule has 0 radical (unpaired) electrons. The molecule has 1 aliphatic heterocycles. The van der Waals surface area contributed by atoms with E-state index in [2.05, 4.69) is 290 Å². The number of nitrogens with zero attached hydrogens (tertiary/aromatic N) is 1. The zero-order chi connectivity index (χ0) is 56.0. The summed E-state index contributed by atoms with van der Waals surface area (Å²) >= 11 is 0. The van der Waals surface area contributed by atoms with Crippen LogP contribution >= 0.6 is 0 Å². The molecule has 0 aromatic heterocycles. The lowest BCUT2D eigenvalue weighted by molar-refractivity contribution is 0.592. The first-order valence-corrected chi connectivity index (χ1v) is 28.6. The molecule has 3 aliphatic rings. The van der Waals surface area contributed by atoms with Crippen molar-refractivity contribution in [3.63, 3.8) is 0 Å². The van der Waals surface area contributed by atoms with E-state index in [9.17, 15) is 0 Å². The largest absolute Gasteiger partial charge is 0.355 e. The minimum atomic E-state index is -0.453. The van der Waals surface area contributed by atoms with Gasteiger partial charge in [0.25, 0.3) is 0 Å². The molecule has 2 aliphatic carbocycles. The molecule has 0 saturated carbocycles. The number of fused-ring (bicyclic) bond motifs is 5. The molecule has 2 nitrogen and oxygen atoms in total. The lowest BCUT2D eigenvalue weighted by Gasteiger charge is -2.42. The second-order valence-corrected chi connectivity index (χ2v) is 23.0. The van der Waals surface area contributed by atoms with E-state index in [4.69, 9.17) is 0 Å². The Morgan fingerprint density at radius 2 is 1.06 bits per heavy atom. The van der Waals surface area contributed by atoms with Crippen molar-refractivity contribution >= 4 is 40.6 Å². The number of nitrogens with one attached hydrogen (secondary N) is 1. The fraction of sp³-hybridized carbons (Fsp3) is 0.221. The summed E-state index contributed by atoms with van der Waals surface area (Å²) in [5.74, 6) is 0. The lowest BCUT2D eigenvalue weighted by atomic mass is 9.68. The molecule has 398 valence electrons. The smallest absolute Gasteiger partial charge is 0.0502 e. The molecule has 1 unspecified atom stereocenters. The van der Waals surface area contributed by atoms with Crippen molar-refractivity contribution in [1.82, 2.24) is 0 Å². The highest BCUT2D eigenvalue weighted by molar-refractivity contribution is 5.90. The molecule has 11 rings (SSSR count). The van der Waals surface area contributed by atoms with Gasteiger partial charge in [-0.05, 0) is 153 Å². The standard InChI is InChI=1S/C69H64N2.C6H10.C2H6/c1-66(2,3)57-26-16-19-29-63(57)70-52-39-42-54(62(45-52)69(8,51-24-14-11-15-25-51)50-22-12-9-10-13-23-50)49-37-34-47(35-38-49)32-33-48-36-41-55-56-43-40-53(46-61(56)68(6,7)60(55)44-48)71-64-30-20-17-27-58(64)67(4,5)59-28-18-21-31-65(59)71;1-3-5-6-4-2;1-2/h9,11-46,70H,10H2,1-8H3;3-6H,1-2H3;1-2H3/b33-32+;5-3-,6-4-;. The molecule has 0 saturated heterocycles. The van der Waals surface area contributed by atoms with E-state index < -0.39 is 5.41 Å². The zero-order valence-corrected chi connectivity index (χ0v) is 48.8. The Kier molecular flexibility index (Phi) is 16.5. The van der Waals surface area contributed by atoms with Crippen molar-refractivity contribution < 1.29 is 0 Å². The second-order valence-electron chi connectivity index (χ2n) is 23.0. The van der Waals surface area contributed by atoms with Gasteiger partial charge in [-0.1, -0.05) is 269 Å². The Hall–Kier alpha value is -8.20. The van der Waals surface area contributed by atoms with E-state index in [0.717, 1.165) is 23.4 Å². The van der Waals surface area contributed by atoms with Crippen LogP contribution in [0, 0.1) is 0 Å². The maximum Gasteiger partial charge on any atom is 0.0502 e. The number of anilines is 5. The highest BCUT2D eigenvalue weighted by Crippen LogP contribution is 2.55. The maximum atomic E-state index is 3.87. The summed E-state index contributed by atoms with van der Waals surface area (Å²) in [6.07, 6.45) is 24.8. The Labute approximate surface area is 474 Å². The molecule has 8 aromatic carbocycles. The number of para-hydroxylation sites is 3. The Morgan fingerprint density at radius 3 is 1.72 bits per heavy atom. The summed E-state index contributed by atoms with van der Waals surface area (Å²) in [6.45, 7) is 26.7. The van der Waals surface area contributed by atoms with Crippen LogP contribution in [0.15, 0.2) is 242 Å². The van der Waals surface area contributed by atoms with E-state index >= 15 is 0 Å². The molecule has 1 N–H and O–H groups in total. The van der Waals surface area contributed by atoms with E-state index in [1.807, 2.05) is 52.0 Å². The molecule has 8 aromatic rings. The van der Waals surface area contributed by atoms with Gasteiger partial charge in [-0.25, -0.2) is 0 Å². The number of allylic oxidation sites excluding steroid dienone is 10. The van der Waals surface area contributed by atoms with Crippen molar-refractivity contribution in [2.75, 3.05) is 10.2 Å². The summed E-state index contributed by atoms with van der Waals surface area (Å²) in [5.41, 5.74) is 23.1. The van der Waals surface area contributed by atoms with Crippen molar-refractivity contribution in [1.29, 1.82) is 0 Å². The molecule has 0 bridgehead atoms. The van der Waals surface area contributed by atoms with Gasteiger partial charge in [0.05, 0.1) is 11.4 Å². The second kappa shape index (κ2) is 23.4. The third-order valence-corrected chi connectivity index (χ3v) is 16.2. The van der Waals surface area contributed by atoms with Gasteiger partial charge < -0.3 is 10.2 Å². The zero-order valence-electron chi connectivity index (χ0n) is 48.8. The van der Waals surface area contributed by atoms with Gasteiger partial charge in [0, 0.05) is 33.3 Å². The first kappa shape index (κ1) is 55.6. The number of hydrogen-bond donors (Lipinski definition) is 1. The topological polar surface area (TPSA) is 15.3 Å². The summed E-state index contributed by atoms with van der Waals surface area (Å²) in [6, 6.07) is 67.8. The van der Waals surface area contributed by atoms with Gasteiger partial charge in [-0.3, -0.25) is 0 Å². The van der Waals surface area contributed by atoms with Crippen molar-refractivity contribution in [3.8, 4) is 22.3 Å². The maximum absolute atomic E-state index is 3.87. The molecule has 1 heterocycles. The van der Waals surface area contributed by atoms with Gasteiger partial charge >= 0.3 is 0 Å². The number of benzene rings is 8. The summed E-state index contributed by atoms with van der Waals surface area (Å²) in [4.78, 5) is 2.47. The predicted molar refractivity (Wildman–Crippen MR) is 345 cm³/mol. The van der Waals surface area contributed by atoms with Crippen LogP contribution < -0.4 is 10.2 Å². The van der Waals surface area contributed by atoms with E-state index in [1.165, 1.54) is 89.4 Å². The fourth-order valence-electron chi connectivity index (χ4n) is 12.0. The van der Waals surface area contributed by atoms with Gasteiger partial charge in [-0.2, -0.15) is 0 Å². The molecule has 0 spiro atoms. The molecular weight excluding hydrogens is 953 g/mol. The highest BCUT2D eigenvalue weighted by Gasteiger charge is 2.40. The van der Waals surface area contributed by atoms with Crippen LogP contribution in [0.3, 0.4) is 0 Å². The van der Waals surface area contributed by atoms with Gasteiger partial charge in [0.1, 0.15) is 0 Å². The number of rotatable bonds is 10. The third kappa shape index (κ3) is 11.0. The first-order chi connectivity index (χ1) is 38.1. The molecule has 2 heteroatoms. The fourth-order valence-corrected chi connectivity index (χ4v) is 12.0. The number of hydrogen-bond acceptors (Lipinski definition) is 2. The predicted octanol–water partition coefficient (Wildman–Crippen LogP) is 21.9. The van der Waals surface area contributed by atoms with Crippen LogP contribution in [-0.4, -0.2) is 0 Å². The molecule has 0 amide bonds. The quantitative estimate of drug-likeness (QED) is 0.108. The Balaban J connectivity index is 0.000000888. The van der Waals surface area contributed by atoms with E-state index in [1.54, 1.807) is 0 Å². The van der Waals surface area contributed by atoms with E-state index in [-0.39, 0.29) is 16.2 Å². The first-order valence-electron chi connectivity index (χ1n) is 28.6. The van der Waals surface area contributed by atoms with Gasteiger partial charge in [0.15, 0.2) is 0 Å². The lowest BCUT2D eigenvalue weighted by Crippen LogP contribution is -2.30. The van der Waals surface area contributed by atoms with Crippen LogP contribution in [0.25, 0.3) is 34.4 Å². The molecular formula is C77H80N2. The minimum absolute atomic E-state index is 0.00932. The average Bonchev–Trinajstić information content (AvgIpc) is 3.71. The normalized spacial score (nSPS) is 15.4. The van der Waals surface area contributed by atoms with Crippen LogP contribution in [0.2, 0.25) is 0 Å². The monoisotopic (exact) mass is 1030 g/mol. The Bertz CT molecular complexity index is 3580. The van der Waals surface area contributed by atoms with Gasteiger partial charge in [0.2, 0.25) is 0 Å². The highest BCUT2D eigenvalue weighted by atomic mass is 15.2. The Morgan fingerprint density at radius 1 is 0.506 bits per heavy atom. The van der Waals surface area contributed by atoms with Crippen LogP contribution in [0.4, 0.5) is 28.4 Å². The van der Waals surface area contributed by atoms with Crippen LogP contribution in [-0.2, 0) is 21.7 Å². The molecule has 79 heavy (non-hydrogen) atoms. The minimum Gasteiger partial charge on any atom is -0.355 e. The van der Waals surface area contributed by atoms with Crippen molar-refractivity contribution in [2.45, 2.75) is 111 Å². The third-order valence-electron chi connectivity index (χ3n) is 16.2. The van der Waals surface area contributed by atoms with Gasteiger partial charge in [-0.15, -0.1) is 0 Å². The summed E-state index contributed by atoms with van der Waals surface area (Å²) in [5, 5.41) is 3.87. The van der Waals surface area contributed by atoms with Crippen molar-refractivity contribution in [2.24, 2.45) is 0 Å². The van der Waals surface area contributed by atoms with E-state index in [0.29, 0.717) is 0 Å². The summed E-state index contributed by atoms with van der Waals surface area (Å²) in [7, 11) is 0. The average molecular weight is 1030 g/mol. The molecule has 1 atom stereocenters. The SMILES string of the molecule is C/C=C\C=C/C.CC.CC(C)(C)c1ccccc1Nc1ccc(-c2ccc(/C=C/c3ccc4c(c3)C(C)(C)c3cc(N5c6ccccc6C(C)(C)c6ccccc65)ccc3-4)cc2)c(C(C)(C2=CC=CCC=C2)c2ccccc2)c1. The van der Waals surface area contributed by atoms with Crippen molar-refractivity contribution in [3.05, 3.63) is 292 Å². The molecule has 0 fully saturated rings.